The predicted octanol–water partition coefficient (Wildman–Crippen LogP) is 5.86. The zero-order valence-corrected chi connectivity index (χ0v) is 19.4. The van der Waals surface area contributed by atoms with Gasteiger partial charge in [0.15, 0.2) is 11.0 Å². The van der Waals surface area contributed by atoms with Gasteiger partial charge in [0.1, 0.15) is 0 Å². The van der Waals surface area contributed by atoms with Gasteiger partial charge in [0.25, 0.3) is 11.4 Å². The van der Waals surface area contributed by atoms with E-state index in [9.17, 15) is 20.2 Å². The van der Waals surface area contributed by atoms with Crippen LogP contribution in [0.3, 0.4) is 0 Å². The zero-order chi connectivity index (χ0) is 23.4. The Kier molecular flexibility index (Phi) is 6.80. The van der Waals surface area contributed by atoms with Gasteiger partial charge >= 0.3 is 0 Å². The summed E-state index contributed by atoms with van der Waals surface area (Å²) in [5.41, 5.74) is 1.57. The largest absolute Gasteiger partial charge is 0.298 e. The fourth-order valence-corrected chi connectivity index (χ4v) is 4.34. The van der Waals surface area contributed by atoms with E-state index in [4.69, 9.17) is 0 Å². The van der Waals surface area contributed by atoms with Crippen molar-refractivity contribution >= 4 is 39.1 Å². The molecule has 0 atom stereocenters. The number of rotatable bonds is 8. The topological polar surface area (TPSA) is 117 Å². The van der Waals surface area contributed by atoms with Gasteiger partial charge in [0.05, 0.1) is 22.5 Å². The van der Waals surface area contributed by atoms with Gasteiger partial charge < -0.3 is 0 Å². The molecular weight excluding hydrogens is 510 g/mol. The van der Waals surface area contributed by atoms with Crippen LogP contribution in [0.1, 0.15) is 11.1 Å². The molecule has 0 bridgehead atoms. The Hall–Kier alpha value is -3.57. The predicted molar refractivity (Wildman–Crippen MR) is 128 cm³/mol. The lowest BCUT2D eigenvalue weighted by atomic mass is 10.1. The van der Waals surface area contributed by atoms with Crippen molar-refractivity contribution in [2.75, 3.05) is 0 Å². The van der Waals surface area contributed by atoms with Crippen LogP contribution in [0.25, 0.3) is 11.4 Å². The Bertz CT molecular complexity index is 1280. The Morgan fingerprint density at radius 2 is 1.48 bits per heavy atom. The number of aromatic nitrogens is 3. The molecule has 0 fully saturated rings. The van der Waals surface area contributed by atoms with Crippen LogP contribution in [0.4, 0.5) is 11.4 Å². The zero-order valence-electron chi connectivity index (χ0n) is 17.0. The first-order valence-electron chi connectivity index (χ1n) is 9.69. The van der Waals surface area contributed by atoms with Crippen LogP contribution in [0.2, 0.25) is 0 Å². The first-order chi connectivity index (χ1) is 15.9. The van der Waals surface area contributed by atoms with E-state index in [2.05, 4.69) is 26.1 Å². The first kappa shape index (κ1) is 22.6. The van der Waals surface area contributed by atoms with E-state index in [0.717, 1.165) is 21.7 Å². The molecule has 0 saturated heterocycles. The first-order valence-corrected chi connectivity index (χ1v) is 11.5. The van der Waals surface area contributed by atoms with Crippen molar-refractivity contribution < 1.29 is 9.85 Å². The number of halogens is 1. The van der Waals surface area contributed by atoms with Crippen molar-refractivity contribution in [2.24, 2.45) is 0 Å². The van der Waals surface area contributed by atoms with Crippen LogP contribution in [0, 0.1) is 20.2 Å². The minimum absolute atomic E-state index is 0.259. The number of nitro groups is 2. The molecule has 9 nitrogen and oxygen atoms in total. The van der Waals surface area contributed by atoms with Gasteiger partial charge in [0.2, 0.25) is 0 Å². The van der Waals surface area contributed by atoms with Crippen molar-refractivity contribution in [3.05, 3.63) is 109 Å². The average Bonchev–Trinajstić information content (AvgIpc) is 3.21. The second kappa shape index (κ2) is 9.92. The Morgan fingerprint density at radius 3 is 2.09 bits per heavy atom. The molecule has 0 radical (unpaired) electrons. The minimum Gasteiger partial charge on any atom is -0.298 e. The Labute approximate surface area is 200 Å². The summed E-state index contributed by atoms with van der Waals surface area (Å²) in [6.07, 6.45) is 0. The van der Waals surface area contributed by atoms with Crippen molar-refractivity contribution in [3.8, 4) is 11.4 Å². The summed E-state index contributed by atoms with van der Waals surface area (Å²) in [5, 5.41) is 31.9. The quantitative estimate of drug-likeness (QED) is 0.160. The Balaban J connectivity index is 1.75. The molecule has 33 heavy (non-hydrogen) atoms. The van der Waals surface area contributed by atoms with Gasteiger partial charge in [-0.3, -0.25) is 24.8 Å². The van der Waals surface area contributed by atoms with Crippen molar-refractivity contribution in [3.63, 3.8) is 0 Å². The summed E-state index contributed by atoms with van der Waals surface area (Å²) in [7, 11) is 0. The molecule has 0 N–H and O–H groups in total. The summed E-state index contributed by atoms with van der Waals surface area (Å²) in [5.74, 6) is 0.957. The monoisotopic (exact) mass is 525 g/mol. The smallest absolute Gasteiger partial charge is 0.277 e. The fourth-order valence-electron chi connectivity index (χ4n) is 3.18. The average molecular weight is 526 g/mol. The summed E-state index contributed by atoms with van der Waals surface area (Å²) in [4.78, 5) is 21.4. The standard InChI is InChI=1S/C22H16BrN5O4S/c23-18-8-6-16(7-9-18)14-33-22-25-24-21(26(22)13-15-4-2-1-3-5-15)17-10-19(27(29)30)12-20(11-17)28(31)32/h1-12H,13-14H2. The third-order valence-electron chi connectivity index (χ3n) is 4.76. The van der Waals surface area contributed by atoms with E-state index in [0.29, 0.717) is 23.3 Å². The molecule has 166 valence electrons. The SMILES string of the molecule is O=[N+]([O-])c1cc(-c2nnc(SCc3ccc(Br)cc3)n2Cc2ccccc2)cc([N+](=O)[O-])c1. The summed E-state index contributed by atoms with van der Waals surface area (Å²) < 4.78 is 2.81. The molecule has 0 amide bonds. The third-order valence-corrected chi connectivity index (χ3v) is 6.33. The van der Waals surface area contributed by atoms with Crippen LogP contribution >= 0.6 is 27.7 Å². The van der Waals surface area contributed by atoms with Gasteiger partial charge in [-0.05, 0) is 23.3 Å². The van der Waals surface area contributed by atoms with E-state index in [1.165, 1.54) is 23.9 Å². The number of hydrogen-bond acceptors (Lipinski definition) is 7. The molecule has 0 aliphatic heterocycles. The molecule has 1 aromatic heterocycles. The maximum absolute atomic E-state index is 11.4. The number of nitro benzene ring substituents is 2. The number of nitrogens with zero attached hydrogens (tertiary/aromatic N) is 5. The number of benzene rings is 3. The minimum atomic E-state index is -0.655. The van der Waals surface area contributed by atoms with Crippen LogP contribution in [-0.4, -0.2) is 24.6 Å². The number of hydrogen-bond donors (Lipinski definition) is 0. The molecular formula is C22H16BrN5O4S. The molecule has 0 saturated carbocycles. The van der Waals surface area contributed by atoms with Gasteiger partial charge in [-0.1, -0.05) is 70.2 Å². The van der Waals surface area contributed by atoms with Crippen molar-refractivity contribution in [1.82, 2.24) is 14.8 Å². The van der Waals surface area contributed by atoms with Crippen LogP contribution in [0.5, 0.6) is 0 Å². The maximum atomic E-state index is 11.4. The molecule has 3 aromatic carbocycles. The number of non-ortho nitro benzene ring substituents is 2. The van der Waals surface area contributed by atoms with Crippen molar-refractivity contribution in [1.29, 1.82) is 0 Å². The molecule has 0 spiro atoms. The van der Waals surface area contributed by atoms with E-state index < -0.39 is 9.85 Å². The molecule has 4 rings (SSSR count). The molecule has 0 aliphatic rings. The third kappa shape index (κ3) is 5.44. The van der Waals surface area contributed by atoms with Crippen LogP contribution < -0.4 is 0 Å². The second-order valence-corrected chi connectivity index (χ2v) is 8.90. The van der Waals surface area contributed by atoms with E-state index in [1.807, 2.05) is 59.2 Å². The van der Waals surface area contributed by atoms with Gasteiger partial charge in [-0.15, -0.1) is 10.2 Å². The van der Waals surface area contributed by atoms with Gasteiger partial charge in [-0.25, -0.2) is 0 Å². The summed E-state index contributed by atoms with van der Waals surface area (Å²) >= 11 is 4.89. The van der Waals surface area contributed by atoms with Crippen LogP contribution in [-0.2, 0) is 12.3 Å². The lowest BCUT2D eigenvalue weighted by molar-refractivity contribution is -0.394. The van der Waals surface area contributed by atoms with E-state index in [1.54, 1.807) is 0 Å². The van der Waals surface area contributed by atoms with Gasteiger partial charge in [0, 0.05) is 27.9 Å². The normalized spacial score (nSPS) is 10.8. The van der Waals surface area contributed by atoms with Crippen LogP contribution in [0.15, 0.2) is 82.4 Å². The highest BCUT2D eigenvalue weighted by Gasteiger charge is 2.22. The highest BCUT2D eigenvalue weighted by atomic mass is 79.9. The Morgan fingerprint density at radius 1 is 0.848 bits per heavy atom. The molecule has 4 aromatic rings. The highest BCUT2D eigenvalue weighted by molar-refractivity contribution is 9.10. The lowest BCUT2D eigenvalue weighted by Crippen LogP contribution is -2.05. The van der Waals surface area contributed by atoms with E-state index >= 15 is 0 Å². The molecule has 11 heteroatoms. The maximum Gasteiger partial charge on any atom is 0.277 e. The number of thioether (sulfide) groups is 1. The highest BCUT2D eigenvalue weighted by Crippen LogP contribution is 2.32. The summed E-state index contributed by atoms with van der Waals surface area (Å²) in [6, 6.07) is 21.0. The lowest BCUT2D eigenvalue weighted by Gasteiger charge is -2.11. The van der Waals surface area contributed by atoms with Crippen molar-refractivity contribution in [2.45, 2.75) is 17.5 Å². The second-order valence-electron chi connectivity index (χ2n) is 7.05. The summed E-state index contributed by atoms with van der Waals surface area (Å²) in [6.45, 7) is 0.405. The molecule has 0 aliphatic carbocycles. The van der Waals surface area contributed by atoms with E-state index in [-0.39, 0.29) is 16.9 Å². The molecule has 1 heterocycles. The van der Waals surface area contributed by atoms with Gasteiger partial charge in [-0.2, -0.15) is 0 Å². The fraction of sp³-hybridized carbons (Fsp3) is 0.0909. The molecule has 0 unspecified atom stereocenters.